The first-order valence-corrected chi connectivity index (χ1v) is 16.1. The van der Waals surface area contributed by atoms with Gasteiger partial charge in [-0.2, -0.15) is 4.21 Å². The fourth-order valence-electron chi connectivity index (χ4n) is 6.02. The first-order valence-electron chi connectivity index (χ1n) is 15.1. The maximum absolute atomic E-state index is 13.3. The second-order valence-electron chi connectivity index (χ2n) is 11.1. The van der Waals surface area contributed by atoms with Crippen molar-refractivity contribution in [2.75, 3.05) is 0 Å². The van der Waals surface area contributed by atoms with Gasteiger partial charge < -0.3 is 9.47 Å². The van der Waals surface area contributed by atoms with Gasteiger partial charge in [0.15, 0.2) is 0 Å². The third-order valence-electron chi connectivity index (χ3n) is 8.19. The maximum Gasteiger partial charge on any atom is 0.305 e. The average molecular weight is 583 g/mol. The Labute approximate surface area is 251 Å². The van der Waals surface area contributed by atoms with Gasteiger partial charge in [0, 0.05) is 11.1 Å². The van der Waals surface area contributed by atoms with Gasteiger partial charge in [0.25, 0.3) is 0 Å². The predicted octanol–water partition coefficient (Wildman–Crippen LogP) is 8.71. The minimum Gasteiger partial charge on any atom is -0.487 e. The fourth-order valence-corrected chi connectivity index (χ4v) is 6.91. The zero-order valence-corrected chi connectivity index (χ0v) is 24.6. The van der Waals surface area contributed by atoms with Crippen LogP contribution in [0.1, 0.15) is 51.4 Å². The van der Waals surface area contributed by atoms with E-state index in [1.54, 1.807) is 0 Å². The van der Waals surface area contributed by atoms with Crippen LogP contribution in [0.2, 0.25) is 0 Å². The van der Waals surface area contributed by atoms with Gasteiger partial charge in [0.05, 0.1) is 0 Å². The van der Waals surface area contributed by atoms with Gasteiger partial charge in [-0.05, 0) is 61.8 Å². The van der Waals surface area contributed by atoms with Gasteiger partial charge in [-0.15, -0.1) is 0 Å². The molecule has 4 aromatic rings. The van der Waals surface area contributed by atoms with Crippen molar-refractivity contribution in [2.45, 2.75) is 75.8 Å². The highest BCUT2D eigenvalue weighted by Crippen LogP contribution is 2.36. The topological polar surface area (TPSA) is 54.0 Å². The zero-order valence-electron chi connectivity index (χ0n) is 23.8. The molecule has 4 atom stereocenters. The molecular formula is C36H38O5S. The summed E-state index contributed by atoms with van der Waals surface area (Å²) in [4.78, 5) is 0. The molecule has 218 valence electrons. The van der Waals surface area contributed by atoms with E-state index in [9.17, 15) is 4.21 Å². The van der Waals surface area contributed by atoms with E-state index in [1.165, 1.54) is 0 Å². The van der Waals surface area contributed by atoms with E-state index in [0.29, 0.717) is 0 Å². The summed E-state index contributed by atoms with van der Waals surface area (Å²) in [6.45, 7) is 0. The van der Waals surface area contributed by atoms with E-state index in [4.69, 9.17) is 17.8 Å². The summed E-state index contributed by atoms with van der Waals surface area (Å²) in [5.74, 6) is 1.63. The van der Waals surface area contributed by atoms with Gasteiger partial charge in [0.1, 0.15) is 35.9 Å². The Morgan fingerprint density at radius 3 is 1.24 bits per heavy atom. The lowest BCUT2D eigenvalue weighted by atomic mass is 9.94. The molecule has 5 nitrogen and oxygen atoms in total. The number of para-hydroxylation sites is 2. The van der Waals surface area contributed by atoms with E-state index >= 15 is 0 Å². The SMILES string of the molecule is O=S(OC1CCCCC1Oc1ccccc1-c1ccccc1)OC1CCCCC1Oc1ccccc1-c1ccccc1. The Kier molecular flexibility index (Phi) is 9.65. The van der Waals surface area contributed by atoms with Crippen LogP contribution >= 0.6 is 0 Å². The number of ether oxygens (including phenoxy) is 2. The number of hydrogen-bond donors (Lipinski definition) is 0. The van der Waals surface area contributed by atoms with Crippen molar-refractivity contribution >= 4 is 11.4 Å². The molecule has 2 saturated carbocycles. The van der Waals surface area contributed by atoms with Crippen molar-refractivity contribution in [3.63, 3.8) is 0 Å². The lowest BCUT2D eigenvalue weighted by molar-refractivity contribution is -0.00282. The van der Waals surface area contributed by atoms with Gasteiger partial charge in [0.2, 0.25) is 0 Å². The minimum atomic E-state index is -1.92. The van der Waals surface area contributed by atoms with Crippen LogP contribution in [0, 0.1) is 0 Å². The van der Waals surface area contributed by atoms with Crippen LogP contribution < -0.4 is 9.47 Å². The molecule has 2 aliphatic rings. The van der Waals surface area contributed by atoms with Crippen LogP contribution in [0.3, 0.4) is 0 Å². The van der Waals surface area contributed by atoms with E-state index in [-0.39, 0.29) is 24.4 Å². The van der Waals surface area contributed by atoms with Crippen molar-refractivity contribution < 1.29 is 22.0 Å². The van der Waals surface area contributed by atoms with Gasteiger partial charge in [-0.3, -0.25) is 8.37 Å². The van der Waals surface area contributed by atoms with Crippen LogP contribution in [0.25, 0.3) is 22.3 Å². The first kappa shape index (κ1) is 28.7. The quantitative estimate of drug-likeness (QED) is 0.187. The van der Waals surface area contributed by atoms with E-state index in [1.807, 2.05) is 72.8 Å². The molecule has 0 N–H and O–H groups in total. The number of benzene rings is 4. The second-order valence-corrected chi connectivity index (χ2v) is 11.9. The predicted molar refractivity (Wildman–Crippen MR) is 167 cm³/mol. The Bertz CT molecular complexity index is 1330. The standard InChI is InChI=1S/C36H38O5S/c37-42(40-35-25-13-11-23-33(35)38-31-21-9-7-19-29(31)27-15-3-1-4-16-27)41-36-26-14-12-24-34(36)39-32-22-10-8-20-30(32)28-17-5-2-6-18-28/h1-10,15-22,33-36H,11-14,23-26H2. The molecular weight excluding hydrogens is 544 g/mol. The molecule has 0 aromatic heterocycles. The highest BCUT2D eigenvalue weighted by Gasteiger charge is 2.34. The van der Waals surface area contributed by atoms with Crippen LogP contribution in [-0.2, 0) is 19.7 Å². The zero-order chi connectivity index (χ0) is 28.6. The average Bonchev–Trinajstić information content (AvgIpc) is 3.04. The smallest absolute Gasteiger partial charge is 0.305 e. The molecule has 6 heteroatoms. The highest BCUT2D eigenvalue weighted by atomic mass is 32.2. The Morgan fingerprint density at radius 2 is 0.810 bits per heavy atom. The van der Waals surface area contributed by atoms with Crippen molar-refractivity contribution in [2.24, 2.45) is 0 Å². The summed E-state index contributed by atoms with van der Waals surface area (Å²) in [6, 6.07) is 36.6. The molecule has 0 saturated heterocycles. The molecule has 42 heavy (non-hydrogen) atoms. The van der Waals surface area contributed by atoms with Gasteiger partial charge >= 0.3 is 11.4 Å². The van der Waals surface area contributed by atoms with Crippen LogP contribution in [-0.4, -0.2) is 28.6 Å². The molecule has 4 unspecified atom stereocenters. The van der Waals surface area contributed by atoms with Crippen molar-refractivity contribution in [1.29, 1.82) is 0 Å². The molecule has 0 heterocycles. The summed E-state index contributed by atoms with van der Waals surface area (Å²) in [5, 5.41) is 0. The maximum atomic E-state index is 13.3. The van der Waals surface area contributed by atoms with Crippen LogP contribution in [0.15, 0.2) is 109 Å². The summed E-state index contributed by atoms with van der Waals surface area (Å²) < 4.78 is 38.6. The second kappa shape index (κ2) is 14.1. The van der Waals surface area contributed by atoms with Crippen molar-refractivity contribution in [3.05, 3.63) is 109 Å². The molecule has 6 rings (SSSR count). The van der Waals surface area contributed by atoms with Crippen LogP contribution in [0.5, 0.6) is 11.5 Å². The summed E-state index contributed by atoms with van der Waals surface area (Å²) in [6.07, 6.45) is 6.32. The first-order chi connectivity index (χ1) is 20.7. The van der Waals surface area contributed by atoms with Gasteiger partial charge in [-0.1, -0.05) is 110 Å². The minimum absolute atomic E-state index is 0.202. The lowest BCUT2D eigenvalue weighted by Gasteiger charge is -2.33. The molecule has 4 aromatic carbocycles. The third kappa shape index (κ3) is 7.12. The van der Waals surface area contributed by atoms with E-state index in [0.717, 1.165) is 85.1 Å². The molecule has 2 fully saturated rings. The fraction of sp³-hybridized carbons (Fsp3) is 0.333. The van der Waals surface area contributed by atoms with Crippen molar-refractivity contribution in [3.8, 4) is 33.8 Å². The van der Waals surface area contributed by atoms with Crippen molar-refractivity contribution in [1.82, 2.24) is 0 Å². The molecule has 0 aliphatic heterocycles. The van der Waals surface area contributed by atoms with E-state index in [2.05, 4.69) is 36.4 Å². The monoisotopic (exact) mass is 582 g/mol. The number of hydrogen-bond acceptors (Lipinski definition) is 5. The molecule has 0 radical (unpaired) electrons. The highest BCUT2D eigenvalue weighted by molar-refractivity contribution is 7.75. The third-order valence-corrected chi connectivity index (χ3v) is 9.00. The largest absolute Gasteiger partial charge is 0.487 e. The summed E-state index contributed by atoms with van der Waals surface area (Å²) in [7, 11) is 0. The number of rotatable bonds is 10. The molecule has 2 aliphatic carbocycles. The van der Waals surface area contributed by atoms with Gasteiger partial charge in [-0.25, -0.2) is 0 Å². The van der Waals surface area contributed by atoms with Crippen LogP contribution in [0.4, 0.5) is 0 Å². The van der Waals surface area contributed by atoms with E-state index < -0.39 is 11.4 Å². The molecule has 0 spiro atoms. The molecule has 0 bridgehead atoms. The summed E-state index contributed by atoms with van der Waals surface area (Å²) in [5.41, 5.74) is 4.28. The Morgan fingerprint density at radius 1 is 0.452 bits per heavy atom. The lowest BCUT2D eigenvalue weighted by Crippen LogP contribution is -2.41. The Hall–Kier alpha value is -3.45. The Balaban J connectivity index is 1.12. The molecule has 0 amide bonds. The summed E-state index contributed by atoms with van der Waals surface area (Å²) >= 11 is -1.92. The normalized spacial score (nSPS) is 23.1.